The zero-order valence-electron chi connectivity index (χ0n) is 10.1. The molecular weight excluding hydrogens is 256 g/mol. The molecule has 102 valence electrons. The number of carbonyl (C=O) groups excluding carboxylic acids is 3. The summed E-state index contributed by atoms with van der Waals surface area (Å²) in [5.74, 6) is -3.17. The van der Waals surface area contributed by atoms with Crippen LogP contribution >= 0.6 is 0 Å². The van der Waals surface area contributed by atoms with Gasteiger partial charge in [-0.15, -0.1) is 0 Å². The molecule has 0 spiro atoms. The van der Waals surface area contributed by atoms with E-state index >= 15 is 0 Å². The Morgan fingerprint density at radius 1 is 1.32 bits per heavy atom. The van der Waals surface area contributed by atoms with Gasteiger partial charge in [-0.2, -0.15) is 0 Å². The third kappa shape index (κ3) is 1.51. The van der Waals surface area contributed by atoms with Crippen LogP contribution in [0, 0.1) is 11.8 Å². The number of rotatable bonds is 3. The maximum Gasteiger partial charge on any atom is 0.330 e. The van der Waals surface area contributed by atoms with Crippen molar-refractivity contribution in [3.8, 4) is 0 Å². The molecule has 19 heavy (non-hydrogen) atoms. The number of fused-ring (bicyclic) bond motifs is 1. The van der Waals surface area contributed by atoms with Gasteiger partial charge in [-0.3, -0.25) is 9.59 Å². The van der Waals surface area contributed by atoms with Crippen LogP contribution in [-0.4, -0.2) is 49.4 Å². The Bertz CT molecular complexity index is 471. The second-order valence-electron chi connectivity index (χ2n) is 4.65. The Balaban J connectivity index is 1.90. The van der Waals surface area contributed by atoms with Gasteiger partial charge in [0.05, 0.1) is 7.11 Å². The second-order valence-corrected chi connectivity index (χ2v) is 4.65. The van der Waals surface area contributed by atoms with E-state index in [9.17, 15) is 14.4 Å². The highest BCUT2D eigenvalue weighted by Crippen LogP contribution is 2.51. The summed E-state index contributed by atoms with van der Waals surface area (Å²) in [7, 11) is 1.23. The van der Waals surface area contributed by atoms with Crippen LogP contribution in [0.15, 0.2) is 12.7 Å². The highest BCUT2D eigenvalue weighted by atomic mass is 16.7. The number of ether oxygens (including phenoxy) is 4. The molecule has 3 rings (SSSR count). The van der Waals surface area contributed by atoms with E-state index in [1.54, 1.807) is 0 Å². The highest BCUT2D eigenvalue weighted by molar-refractivity contribution is 5.87. The molecule has 7 nitrogen and oxygen atoms in total. The van der Waals surface area contributed by atoms with Crippen molar-refractivity contribution in [2.75, 3.05) is 7.11 Å². The molecule has 2 bridgehead atoms. The van der Waals surface area contributed by atoms with Gasteiger partial charge in [-0.05, 0) is 0 Å². The van der Waals surface area contributed by atoms with Gasteiger partial charge in [0, 0.05) is 6.08 Å². The summed E-state index contributed by atoms with van der Waals surface area (Å²) >= 11 is 0. The molecule has 0 aromatic rings. The fraction of sp³-hybridized carbons (Fsp3) is 0.583. The third-order valence-electron chi connectivity index (χ3n) is 3.80. The first-order valence-electron chi connectivity index (χ1n) is 5.85. The van der Waals surface area contributed by atoms with Crippen molar-refractivity contribution < 1.29 is 33.3 Å². The summed E-state index contributed by atoms with van der Waals surface area (Å²) < 4.78 is 20.5. The number of hydrogen-bond acceptors (Lipinski definition) is 7. The van der Waals surface area contributed by atoms with Crippen LogP contribution in [0.1, 0.15) is 0 Å². The van der Waals surface area contributed by atoms with E-state index in [-0.39, 0.29) is 0 Å². The quantitative estimate of drug-likeness (QED) is 0.376. The minimum Gasteiger partial charge on any atom is -0.469 e. The Morgan fingerprint density at radius 3 is 2.68 bits per heavy atom. The molecule has 0 aliphatic carbocycles. The van der Waals surface area contributed by atoms with Crippen LogP contribution in [0.25, 0.3) is 0 Å². The number of esters is 3. The van der Waals surface area contributed by atoms with Crippen molar-refractivity contribution in [1.82, 2.24) is 0 Å². The normalized spacial score (nSPS) is 41.8. The molecular formula is C12H12O7. The van der Waals surface area contributed by atoms with Crippen LogP contribution in [-0.2, 0) is 33.3 Å². The lowest BCUT2D eigenvalue weighted by molar-refractivity contribution is -0.158. The zero-order chi connectivity index (χ0) is 13.7. The van der Waals surface area contributed by atoms with Crippen molar-refractivity contribution in [3.05, 3.63) is 12.7 Å². The Kier molecular flexibility index (Phi) is 2.60. The summed E-state index contributed by atoms with van der Waals surface area (Å²) in [6, 6.07) is 0. The van der Waals surface area contributed by atoms with E-state index in [2.05, 4.69) is 11.3 Å². The monoisotopic (exact) mass is 268 g/mol. The predicted octanol–water partition coefficient (Wildman–Crippen LogP) is -0.804. The smallest absolute Gasteiger partial charge is 0.330 e. The largest absolute Gasteiger partial charge is 0.469 e. The van der Waals surface area contributed by atoms with Crippen molar-refractivity contribution in [1.29, 1.82) is 0 Å². The number of methoxy groups -OCH3 is 1. The lowest BCUT2D eigenvalue weighted by atomic mass is 9.78. The van der Waals surface area contributed by atoms with E-state index < -0.39 is 54.2 Å². The minimum atomic E-state index is -0.790. The van der Waals surface area contributed by atoms with Gasteiger partial charge in [0.25, 0.3) is 0 Å². The molecule has 6 atom stereocenters. The highest BCUT2D eigenvalue weighted by Gasteiger charge is 2.71. The van der Waals surface area contributed by atoms with E-state index in [4.69, 9.17) is 14.2 Å². The molecule has 3 heterocycles. The first kappa shape index (κ1) is 12.2. The van der Waals surface area contributed by atoms with Crippen LogP contribution < -0.4 is 0 Å². The fourth-order valence-corrected chi connectivity index (χ4v) is 3.06. The molecule has 0 saturated carbocycles. The molecule has 0 aromatic heterocycles. The summed E-state index contributed by atoms with van der Waals surface area (Å²) in [5.41, 5.74) is 0. The zero-order valence-corrected chi connectivity index (χ0v) is 10.1. The Hall–Kier alpha value is -1.89. The van der Waals surface area contributed by atoms with Crippen molar-refractivity contribution in [2.45, 2.75) is 24.4 Å². The van der Waals surface area contributed by atoms with E-state index in [1.165, 1.54) is 7.11 Å². The Labute approximate surface area is 108 Å². The van der Waals surface area contributed by atoms with E-state index in [0.717, 1.165) is 6.08 Å². The minimum absolute atomic E-state index is 0.509. The van der Waals surface area contributed by atoms with Crippen LogP contribution in [0.2, 0.25) is 0 Å². The van der Waals surface area contributed by atoms with Gasteiger partial charge < -0.3 is 18.9 Å². The Morgan fingerprint density at radius 2 is 2.05 bits per heavy atom. The van der Waals surface area contributed by atoms with Gasteiger partial charge in [0.15, 0.2) is 12.2 Å². The van der Waals surface area contributed by atoms with Gasteiger partial charge in [-0.1, -0.05) is 6.58 Å². The first-order chi connectivity index (χ1) is 9.08. The summed E-state index contributed by atoms with van der Waals surface area (Å²) in [5, 5.41) is 0. The van der Waals surface area contributed by atoms with Crippen LogP contribution in [0.4, 0.5) is 0 Å². The van der Waals surface area contributed by atoms with E-state index in [0.29, 0.717) is 0 Å². The van der Waals surface area contributed by atoms with Crippen molar-refractivity contribution in [3.63, 3.8) is 0 Å². The first-order valence-corrected chi connectivity index (χ1v) is 5.85. The molecule has 0 radical (unpaired) electrons. The molecule has 0 aromatic carbocycles. The molecule has 3 aliphatic heterocycles. The third-order valence-corrected chi connectivity index (χ3v) is 3.80. The van der Waals surface area contributed by atoms with Crippen molar-refractivity contribution in [2.24, 2.45) is 11.8 Å². The van der Waals surface area contributed by atoms with Crippen LogP contribution in [0.3, 0.4) is 0 Å². The average molecular weight is 268 g/mol. The molecule has 6 unspecified atom stereocenters. The predicted molar refractivity (Wildman–Crippen MR) is 57.6 cm³/mol. The number of carbonyl (C=O) groups is 3. The summed E-state index contributed by atoms with van der Waals surface area (Å²) in [4.78, 5) is 34.8. The molecule has 7 heteroatoms. The SMILES string of the molecule is C=CC(=O)OC1C2OC(=O)C3C2OC1C3C(=O)OC. The molecule has 3 fully saturated rings. The van der Waals surface area contributed by atoms with E-state index in [1.807, 2.05) is 0 Å². The summed E-state index contributed by atoms with van der Waals surface area (Å²) in [6.07, 6.45) is -1.69. The van der Waals surface area contributed by atoms with Gasteiger partial charge >= 0.3 is 17.9 Å². The standard InChI is InChI=1S/C12H12O7/c1-3-4(13)17-9-7-5(11(14)16-2)6-8(18-7)10(9)19-12(6)15/h3,5-10H,1H2,2H3. The fourth-order valence-electron chi connectivity index (χ4n) is 3.06. The second kappa shape index (κ2) is 4.06. The maximum absolute atomic E-state index is 11.8. The van der Waals surface area contributed by atoms with Gasteiger partial charge in [0.2, 0.25) is 0 Å². The molecule has 0 amide bonds. The topological polar surface area (TPSA) is 88.1 Å². The lowest BCUT2D eigenvalue weighted by Crippen LogP contribution is -2.47. The average Bonchev–Trinajstić information content (AvgIpc) is 3.00. The van der Waals surface area contributed by atoms with Gasteiger partial charge in [0.1, 0.15) is 24.0 Å². The molecule has 0 N–H and O–H groups in total. The number of hydrogen-bond donors (Lipinski definition) is 0. The van der Waals surface area contributed by atoms with Crippen LogP contribution in [0.5, 0.6) is 0 Å². The van der Waals surface area contributed by atoms with Crippen molar-refractivity contribution >= 4 is 17.9 Å². The maximum atomic E-state index is 11.8. The summed E-state index contributed by atoms with van der Waals surface area (Å²) in [6.45, 7) is 3.30. The molecule has 3 aliphatic rings. The van der Waals surface area contributed by atoms with Gasteiger partial charge in [-0.25, -0.2) is 4.79 Å². The lowest BCUT2D eigenvalue weighted by Gasteiger charge is -2.26. The molecule has 3 saturated heterocycles.